The first kappa shape index (κ1) is 17.2. The lowest BCUT2D eigenvalue weighted by Crippen LogP contribution is -2.19. The van der Waals surface area contributed by atoms with Gasteiger partial charge in [-0.1, -0.05) is 0 Å². The molecule has 2 N–H and O–H groups in total. The highest BCUT2D eigenvalue weighted by atomic mass is 16.7. The van der Waals surface area contributed by atoms with Crippen molar-refractivity contribution in [3.05, 3.63) is 36.4 Å². The Bertz CT molecular complexity index is 1110. The molecule has 1 aliphatic rings. The number of rotatable bonds is 4. The number of nitrogens with zero attached hydrogens (tertiary/aromatic N) is 4. The lowest BCUT2D eigenvalue weighted by molar-refractivity contribution is -0.137. The number of fused-ring (bicyclic) bond motifs is 2. The van der Waals surface area contributed by atoms with Gasteiger partial charge in [0, 0.05) is 0 Å². The molecule has 3 heterocycles. The maximum absolute atomic E-state index is 12.1. The summed E-state index contributed by atoms with van der Waals surface area (Å²) in [6.07, 6.45) is 1.29. The Morgan fingerprint density at radius 3 is 2.82 bits per heavy atom. The van der Waals surface area contributed by atoms with Gasteiger partial charge in [-0.3, -0.25) is 10.1 Å². The van der Waals surface area contributed by atoms with E-state index in [0.29, 0.717) is 11.5 Å². The Labute approximate surface area is 155 Å². The summed E-state index contributed by atoms with van der Waals surface area (Å²) in [5, 5.41) is 11.2. The van der Waals surface area contributed by atoms with E-state index in [1.54, 1.807) is 0 Å². The molecule has 0 bridgehead atoms. The van der Waals surface area contributed by atoms with Crippen molar-refractivity contribution in [2.75, 3.05) is 12.1 Å². The van der Waals surface area contributed by atoms with Crippen molar-refractivity contribution in [1.82, 2.24) is 19.5 Å². The number of esters is 1. The third-order valence-electron chi connectivity index (χ3n) is 3.72. The van der Waals surface area contributed by atoms with Gasteiger partial charge in [-0.2, -0.15) is 0 Å². The average molecular weight is 385 g/mol. The maximum atomic E-state index is 12.1. The number of hydrogen-bond acceptors (Lipinski definition) is 9. The van der Waals surface area contributed by atoms with Crippen molar-refractivity contribution in [3.8, 4) is 11.5 Å². The van der Waals surface area contributed by atoms with Crippen LogP contribution in [0.1, 0.15) is 10.4 Å². The normalized spacial score (nSPS) is 12.0. The summed E-state index contributed by atoms with van der Waals surface area (Å²) in [7, 11) is 0. The summed E-state index contributed by atoms with van der Waals surface area (Å²) < 4.78 is 16.3. The van der Waals surface area contributed by atoms with E-state index in [0.717, 1.165) is 6.33 Å². The molecule has 0 spiro atoms. The molecular weight excluding hydrogens is 374 g/mol. The Morgan fingerprint density at radius 2 is 2.00 bits per heavy atom. The largest absolute Gasteiger partial charge is 0.480 e. The van der Waals surface area contributed by atoms with Crippen molar-refractivity contribution in [1.29, 1.82) is 0 Å². The minimum absolute atomic E-state index is 0.0300. The van der Waals surface area contributed by atoms with Crippen LogP contribution in [-0.2, 0) is 16.1 Å². The van der Waals surface area contributed by atoms with Gasteiger partial charge in [-0.05, 0) is 18.2 Å². The smallest absolute Gasteiger partial charge is 0.420 e. The predicted molar refractivity (Wildman–Crippen MR) is 90.0 cm³/mol. The van der Waals surface area contributed by atoms with Gasteiger partial charge in [0.2, 0.25) is 6.79 Å². The van der Waals surface area contributed by atoms with Gasteiger partial charge < -0.3 is 23.9 Å². The highest BCUT2D eigenvalue weighted by Gasteiger charge is 2.20. The minimum atomic E-state index is -1.09. The molecule has 0 aliphatic carbocycles. The number of benzene rings is 1. The monoisotopic (exact) mass is 385 g/mol. The van der Waals surface area contributed by atoms with E-state index in [9.17, 15) is 14.4 Å². The highest BCUT2D eigenvalue weighted by Crippen LogP contribution is 2.32. The summed E-state index contributed by atoms with van der Waals surface area (Å²) >= 11 is 0. The molecule has 142 valence electrons. The molecule has 2 aromatic heterocycles. The molecule has 0 saturated carbocycles. The Kier molecular flexibility index (Phi) is 4.20. The van der Waals surface area contributed by atoms with Gasteiger partial charge >= 0.3 is 18.0 Å². The summed E-state index contributed by atoms with van der Waals surface area (Å²) in [5.41, 5.74) is 0.448. The number of ether oxygens (including phenoxy) is 3. The van der Waals surface area contributed by atoms with Crippen LogP contribution >= 0.6 is 0 Å². The van der Waals surface area contributed by atoms with Crippen molar-refractivity contribution in [3.63, 3.8) is 0 Å². The van der Waals surface area contributed by atoms with Gasteiger partial charge in [-0.15, -0.1) is 0 Å². The number of carbonyl (C=O) groups excluding carboxylic acids is 2. The van der Waals surface area contributed by atoms with Crippen molar-refractivity contribution in [2.45, 2.75) is 6.54 Å². The topological polar surface area (TPSA) is 155 Å². The van der Waals surface area contributed by atoms with Crippen LogP contribution in [-0.4, -0.2) is 49.5 Å². The van der Waals surface area contributed by atoms with Gasteiger partial charge in [0.05, 0.1) is 11.9 Å². The van der Waals surface area contributed by atoms with E-state index >= 15 is 0 Å². The zero-order valence-corrected chi connectivity index (χ0v) is 14.0. The second-order valence-corrected chi connectivity index (χ2v) is 5.53. The summed E-state index contributed by atoms with van der Waals surface area (Å²) in [6.45, 7) is -0.313. The zero-order valence-electron chi connectivity index (χ0n) is 14.0. The standard InChI is InChI=1S/C16H11N5O7/c22-11(23)4-21-6-19-12-13(17-5-18-14(12)21)20-16(25)28-15(24)8-1-2-9-10(3-8)27-7-26-9/h1-3,5-6H,4,7H2,(H,22,23)(H,17,18,20,25). The number of aromatic nitrogens is 4. The van der Waals surface area contributed by atoms with Crippen LogP contribution in [0.15, 0.2) is 30.9 Å². The van der Waals surface area contributed by atoms with Crippen LogP contribution in [0.2, 0.25) is 0 Å². The summed E-state index contributed by atoms with van der Waals surface area (Å²) in [6, 6.07) is 4.36. The molecule has 1 amide bonds. The molecule has 4 rings (SSSR count). The number of anilines is 1. The second-order valence-electron chi connectivity index (χ2n) is 5.53. The van der Waals surface area contributed by atoms with Crippen LogP contribution in [0.5, 0.6) is 11.5 Å². The van der Waals surface area contributed by atoms with Crippen LogP contribution in [0.25, 0.3) is 11.2 Å². The number of carboxylic acids is 1. The molecule has 0 radical (unpaired) electrons. The van der Waals surface area contributed by atoms with Crippen LogP contribution in [0.3, 0.4) is 0 Å². The summed E-state index contributed by atoms with van der Waals surface area (Å²) in [4.78, 5) is 46.9. The lowest BCUT2D eigenvalue weighted by Gasteiger charge is -2.06. The molecule has 0 saturated heterocycles. The van der Waals surface area contributed by atoms with E-state index in [-0.39, 0.29) is 35.9 Å². The van der Waals surface area contributed by atoms with Gasteiger partial charge in [0.1, 0.15) is 12.9 Å². The number of carboxylic acid groups (broad SMARTS) is 1. The first-order valence-corrected chi connectivity index (χ1v) is 7.81. The van der Waals surface area contributed by atoms with Crippen molar-refractivity contribution < 1.29 is 33.7 Å². The fraction of sp³-hybridized carbons (Fsp3) is 0.125. The van der Waals surface area contributed by atoms with Crippen LogP contribution in [0, 0.1) is 0 Å². The number of imidazole rings is 1. The number of nitrogens with one attached hydrogen (secondary N) is 1. The first-order valence-electron chi connectivity index (χ1n) is 7.81. The quantitative estimate of drug-likeness (QED) is 0.491. The molecule has 0 fully saturated rings. The fourth-order valence-corrected chi connectivity index (χ4v) is 2.52. The fourth-order valence-electron chi connectivity index (χ4n) is 2.52. The maximum Gasteiger partial charge on any atom is 0.420 e. The van der Waals surface area contributed by atoms with E-state index in [4.69, 9.17) is 19.3 Å². The number of aliphatic carboxylic acids is 1. The number of carbonyl (C=O) groups is 3. The molecule has 12 heteroatoms. The van der Waals surface area contributed by atoms with E-state index in [1.807, 2.05) is 0 Å². The van der Waals surface area contributed by atoms with Gasteiger partial charge in [0.25, 0.3) is 0 Å². The number of hydrogen-bond donors (Lipinski definition) is 2. The molecule has 28 heavy (non-hydrogen) atoms. The Morgan fingerprint density at radius 1 is 1.18 bits per heavy atom. The lowest BCUT2D eigenvalue weighted by atomic mass is 10.2. The first-order chi connectivity index (χ1) is 13.5. The molecule has 0 unspecified atom stereocenters. The zero-order chi connectivity index (χ0) is 19.7. The van der Waals surface area contributed by atoms with E-state index < -0.39 is 18.0 Å². The molecular formula is C16H11N5O7. The second kappa shape index (κ2) is 6.83. The van der Waals surface area contributed by atoms with E-state index in [2.05, 4.69) is 20.3 Å². The van der Waals surface area contributed by atoms with Crippen molar-refractivity contribution in [2.24, 2.45) is 0 Å². The predicted octanol–water partition coefficient (Wildman–Crippen LogP) is 1.03. The molecule has 0 atom stereocenters. The Balaban J connectivity index is 1.48. The third-order valence-corrected chi connectivity index (χ3v) is 3.72. The average Bonchev–Trinajstić information content (AvgIpc) is 3.28. The SMILES string of the molecule is O=C(O)Cn1cnc2c(NC(=O)OC(=O)c3ccc4c(c3)OCO4)ncnc21. The third kappa shape index (κ3) is 3.25. The molecule has 1 aliphatic heterocycles. The highest BCUT2D eigenvalue weighted by molar-refractivity contribution is 6.02. The number of amides is 1. The van der Waals surface area contributed by atoms with Gasteiger partial charge in [0.15, 0.2) is 28.5 Å². The van der Waals surface area contributed by atoms with Crippen LogP contribution < -0.4 is 14.8 Å². The molecule has 1 aromatic carbocycles. The van der Waals surface area contributed by atoms with Gasteiger partial charge in [-0.25, -0.2) is 24.5 Å². The molecule has 3 aromatic rings. The minimum Gasteiger partial charge on any atom is -0.480 e. The van der Waals surface area contributed by atoms with Crippen molar-refractivity contribution >= 4 is 35.0 Å². The van der Waals surface area contributed by atoms with Crippen LogP contribution in [0.4, 0.5) is 10.6 Å². The van der Waals surface area contributed by atoms with E-state index in [1.165, 1.54) is 29.1 Å². The summed E-state index contributed by atoms with van der Waals surface area (Å²) in [5.74, 6) is -1.16. The molecule has 12 nitrogen and oxygen atoms in total. The Hall–Kier alpha value is -4.22.